The summed E-state index contributed by atoms with van der Waals surface area (Å²) in [5.74, 6) is 7.15. The van der Waals surface area contributed by atoms with Crippen LogP contribution < -0.4 is 11.3 Å². The van der Waals surface area contributed by atoms with Crippen LogP contribution in [0.25, 0.3) is 0 Å². The summed E-state index contributed by atoms with van der Waals surface area (Å²) in [6.45, 7) is 5.63. The fraction of sp³-hybridized carbons (Fsp3) is 0.615. The van der Waals surface area contributed by atoms with E-state index in [4.69, 9.17) is 5.84 Å². The van der Waals surface area contributed by atoms with Gasteiger partial charge in [0.05, 0.1) is 0 Å². The van der Waals surface area contributed by atoms with Gasteiger partial charge < -0.3 is 5.43 Å². The minimum absolute atomic E-state index is 0.798. The zero-order chi connectivity index (χ0) is 12.1. The number of pyridine rings is 1. The molecule has 2 heterocycles. The van der Waals surface area contributed by atoms with Crippen LogP contribution in [0.2, 0.25) is 0 Å². The molecular formula is C13H22N4. The van der Waals surface area contributed by atoms with Crippen molar-refractivity contribution in [1.82, 2.24) is 9.88 Å². The number of aromatic nitrogens is 1. The van der Waals surface area contributed by atoms with Gasteiger partial charge in [0.15, 0.2) is 0 Å². The average Bonchev–Trinajstić information content (AvgIpc) is 2.78. The lowest BCUT2D eigenvalue weighted by atomic mass is 10.0. The maximum Gasteiger partial charge on any atom is 0.144 e. The number of nitrogen functional groups attached to an aromatic ring is 1. The molecule has 17 heavy (non-hydrogen) atoms. The van der Waals surface area contributed by atoms with E-state index in [0.717, 1.165) is 18.3 Å². The van der Waals surface area contributed by atoms with Crippen molar-refractivity contribution in [2.24, 2.45) is 11.8 Å². The van der Waals surface area contributed by atoms with Gasteiger partial charge >= 0.3 is 0 Å². The van der Waals surface area contributed by atoms with Crippen molar-refractivity contribution >= 4 is 5.82 Å². The molecular weight excluding hydrogens is 212 g/mol. The van der Waals surface area contributed by atoms with E-state index in [9.17, 15) is 0 Å². The number of likely N-dealkylation sites (tertiary alicyclic amines) is 1. The monoisotopic (exact) mass is 234 g/mol. The van der Waals surface area contributed by atoms with E-state index < -0.39 is 0 Å². The summed E-state index contributed by atoms with van der Waals surface area (Å²) in [4.78, 5) is 6.73. The molecule has 4 nitrogen and oxygen atoms in total. The van der Waals surface area contributed by atoms with E-state index in [1.54, 1.807) is 6.20 Å². The number of hydrogen-bond donors (Lipinski definition) is 2. The summed E-state index contributed by atoms with van der Waals surface area (Å²) in [6.07, 6.45) is 5.74. The quantitative estimate of drug-likeness (QED) is 0.604. The lowest BCUT2D eigenvalue weighted by Crippen LogP contribution is -2.22. The third kappa shape index (κ3) is 3.17. The molecule has 4 heteroatoms. The third-order valence-corrected chi connectivity index (χ3v) is 3.49. The van der Waals surface area contributed by atoms with Gasteiger partial charge in [-0.15, -0.1) is 0 Å². The van der Waals surface area contributed by atoms with Gasteiger partial charge in [0.2, 0.25) is 0 Å². The smallest absolute Gasteiger partial charge is 0.144 e. The number of hydrazine groups is 1. The lowest BCUT2D eigenvalue weighted by molar-refractivity contribution is 0.313. The van der Waals surface area contributed by atoms with Crippen LogP contribution in [0.15, 0.2) is 18.3 Å². The first-order valence-corrected chi connectivity index (χ1v) is 6.46. The summed E-state index contributed by atoms with van der Waals surface area (Å²) in [6, 6.07) is 4.06. The minimum Gasteiger partial charge on any atom is -0.308 e. The molecule has 1 atom stereocenters. The fourth-order valence-electron chi connectivity index (χ4n) is 2.64. The molecule has 0 spiro atoms. The molecule has 1 saturated heterocycles. The summed E-state index contributed by atoms with van der Waals surface area (Å²) in [5.41, 5.74) is 3.86. The van der Waals surface area contributed by atoms with Crippen LogP contribution >= 0.6 is 0 Å². The van der Waals surface area contributed by atoms with Gasteiger partial charge in [-0.25, -0.2) is 10.8 Å². The average molecular weight is 234 g/mol. The molecule has 0 aliphatic carbocycles. The zero-order valence-electron chi connectivity index (χ0n) is 10.5. The predicted molar refractivity (Wildman–Crippen MR) is 70.3 cm³/mol. The van der Waals surface area contributed by atoms with E-state index in [2.05, 4.69) is 28.3 Å². The normalized spacial score (nSPS) is 20.7. The summed E-state index contributed by atoms with van der Waals surface area (Å²) in [5, 5.41) is 0. The Kier molecular flexibility index (Phi) is 4.34. The van der Waals surface area contributed by atoms with Crippen LogP contribution in [-0.4, -0.2) is 23.0 Å². The highest BCUT2D eigenvalue weighted by atomic mass is 15.3. The van der Waals surface area contributed by atoms with Crippen LogP contribution in [0.3, 0.4) is 0 Å². The molecule has 3 N–H and O–H groups in total. The molecule has 0 amide bonds. The van der Waals surface area contributed by atoms with E-state index in [1.165, 1.54) is 37.9 Å². The van der Waals surface area contributed by atoms with Crippen molar-refractivity contribution in [3.05, 3.63) is 23.9 Å². The molecule has 0 aromatic carbocycles. The Balaban J connectivity index is 1.93. The Bertz CT molecular complexity index is 353. The van der Waals surface area contributed by atoms with E-state index in [1.807, 2.05) is 6.07 Å². The van der Waals surface area contributed by atoms with Crippen molar-refractivity contribution in [2.75, 3.05) is 18.5 Å². The number of nitrogens with two attached hydrogens (primary N) is 1. The molecule has 0 saturated carbocycles. The van der Waals surface area contributed by atoms with E-state index in [-0.39, 0.29) is 0 Å². The molecule has 0 bridgehead atoms. The first-order chi connectivity index (χ1) is 8.33. The Labute approximate surface area is 103 Å². The molecule has 1 aliphatic heterocycles. The fourth-order valence-corrected chi connectivity index (χ4v) is 2.64. The van der Waals surface area contributed by atoms with Crippen LogP contribution in [0, 0.1) is 5.92 Å². The highest BCUT2D eigenvalue weighted by Crippen LogP contribution is 2.23. The SMILES string of the molecule is CCCC1CCN(Cc2cccnc2NN)C1. The Morgan fingerprint density at radius 1 is 1.59 bits per heavy atom. The number of nitrogens with one attached hydrogen (secondary N) is 1. The highest BCUT2D eigenvalue weighted by molar-refractivity contribution is 5.42. The van der Waals surface area contributed by atoms with Gasteiger partial charge in [0.1, 0.15) is 5.82 Å². The van der Waals surface area contributed by atoms with Crippen LogP contribution in [-0.2, 0) is 6.54 Å². The zero-order valence-corrected chi connectivity index (χ0v) is 10.5. The van der Waals surface area contributed by atoms with Crippen molar-refractivity contribution in [3.63, 3.8) is 0 Å². The first kappa shape index (κ1) is 12.3. The van der Waals surface area contributed by atoms with Gasteiger partial charge in [-0.05, 0) is 31.4 Å². The Morgan fingerprint density at radius 2 is 2.47 bits per heavy atom. The first-order valence-electron chi connectivity index (χ1n) is 6.46. The molecule has 1 aliphatic rings. The van der Waals surface area contributed by atoms with Gasteiger partial charge in [0.25, 0.3) is 0 Å². The predicted octanol–water partition coefficient (Wildman–Crippen LogP) is 1.99. The van der Waals surface area contributed by atoms with Gasteiger partial charge in [-0.1, -0.05) is 19.4 Å². The Hall–Kier alpha value is -1.13. The second-order valence-corrected chi connectivity index (χ2v) is 4.83. The molecule has 1 aromatic rings. The summed E-state index contributed by atoms with van der Waals surface area (Å²) in [7, 11) is 0. The second-order valence-electron chi connectivity index (χ2n) is 4.83. The number of rotatable bonds is 5. The molecule has 94 valence electrons. The molecule has 1 fully saturated rings. The van der Waals surface area contributed by atoms with Crippen LogP contribution in [0.1, 0.15) is 31.7 Å². The molecule has 1 aromatic heterocycles. The van der Waals surface area contributed by atoms with Gasteiger partial charge in [-0.3, -0.25) is 4.90 Å². The summed E-state index contributed by atoms with van der Waals surface area (Å²) >= 11 is 0. The second kappa shape index (κ2) is 5.98. The van der Waals surface area contributed by atoms with Crippen LogP contribution in [0.4, 0.5) is 5.82 Å². The molecule has 0 radical (unpaired) electrons. The minimum atomic E-state index is 0.798. The van der Waals surface area contributed by atoms with E-state index in [0.29, 0.717) is 0 Å². The topological polar surface area (TPSA) is 54.2 Å². The van der Waals surface area contributed by atoms with Crippen molar-refractivity contribution in [3.8, 4) is 0 Å². The van der Waals surface area contributed by atoms with Crippen molar-refractivity contribution in [2.45, 2.75) is 32.7 Å². The maximum absolute atomic E-state index is 5.47. The number of nitrogens with zero attached hydrogens (tertiary/aromatic N) is 2. The van der Waals surface area contributed by atoms with E-state index >= 15 is 0 Å². The highest BCUT2D eigenvalue weighted by Gasteiger charge is 2.22. The Morgan fingerprint density at radius 3 is 3.24 bits per heavy atom. The van der Waals surface area contributed by atoms with Crippen molar-refractivity contribution in [1.29, 1.82) is 0 Å². The lowest BCUT2D eigenvalue weighted by Gasteiger charge is -2.17. The summed E-state index contributed by atoms with van der Waals surface area (Å²) < 4.78 is 0. The standard InChI is InChI=1S/C13H22N4/c1-2-4-11-6-8-17(9-11)10-12-5-3-7-15-13(12)16-14/h3,5,7,11H,2,4,6,8-10,14H2,1H3,(H,15,16). The third-order valence-electron chi connectivity index (χ3n) is 3.49. The number of hydrogen-bond acceptors (Lipinski definition) is 4. The molecule has 1 unspecified atom stereocenters. The largest absolute Gasteiger partial charge is 0.308 e. The maximum atomic E-state index is 5.47. The van der Waals surface area contributed by atoms with Gasteiger partial charge in [-0.2, -0.15) is 0 Å². The van der Waals surface area contributed by atoms with Crippen LogP contribution in [0.5, 0.6) is 0 Å². The molecule has 2 rings (SSSR count). The van der Waals surface area contributed by atoms with Crippen molar-refractivity contribution < 1.29 is 0 Å². The number of anilines is 1. The van der Waals surface area contributed by atoms with Gasteiger partial charge in [0, 0.05) is 24.8 Å².